The first-order chi connectivity index (χ1) is 9.06. The van der Waals surface area contributed by atoms with E-state index in [0.29, 0.717) is 5.92 Å². The maximum Gasteiger partial charge on any atom is 0.303 e. The average molecular weight is 258 g/mol. The van der Waals surface area contributed by atoms with E-state index in [0.717, 1.165) is 35.0 Å². The average Bonchev–Trinajstić information content (AvgIpc) is 3.15. The van der Waals surface area contributed by atoms with Crippen LogP contribution in [0, 0.1) is 12.8 Å². The second kappa shape index (κ2) is 4.37. The molecule has 1 unspecified atom stereocenters. The van der Waals surface area contributed by atoms with E-state index in [2.05, 4.69) is 23.3 Å². The number of carboxylic acid groups (broad SMARTS) is 1. The van der Waals surface area contributed by atoms with Gasteiger partial charge in [-0.2, -0.15) is 5.10 Å². The highest BCUT2D eigenvalue weighted by molar-refractivity contribution is 5.82. The summed E-state index contributed by atoms with van der Waals surface area (Å²) in [4.78, 5) is 11.0. The lowest BCUT2D eigenvalue weighted by molar-refractivity contribution is -0.137. The Morgan fingerprint density at radius 1 is 1.53 bits per heavy atom. The molecule has 100 valence electrons. The van der Waals surface area contributed by atoms with Crippen LogP contribution in [0.2, 0.25) is 0 Å². The van der Waals surface area contributed by atoms with Crippen molar-refractivity contribution in [2.75, 3.05) is 0 Å². The first-order valence-electron chi connectivity index (χ1n) is 6.71. The molecule has 1 atom stereocenters. The Balaban J connectivity index is 2.03. The van der Waals surface area contributed by atoms with E-state index >= 15 is 0 Å². The van der Waals surface area contributed by atoms with Gasteiger partial charge in [0.15, 0.2) is 0 Å². The molecule has 4 heteroatoms. The number of hydrogen-bond acceptors (Lipinski definition) is 2. The van der Waals surface area contributed by atoms with Gasteiger partial charge in [0.05, 0.1) is 17.6 Å². The molecule has 2 aromatic rings. The summed E-state index contributed by atoms with van der Waals surface area (Å²) in [5, 5.41) is 14.6. The van der Waals surface area contributed by atoms with Crippen LogP contribution in [0.15, 0.2) is 18.2 Å². The Bertz CT molecular complexity index is 641. The summed E-state index contributed by atoms with van der Waals surface area (Å²) >= 11 is 0. The van der Waals surface area contributed by atoms with Gasteiger partial charge < -0.3 is 5.11 Å². The van der Waals surface area contributed by atoms with Gasteiger partial charge in [-0.25, -0.2) is 0 Å². The topological polar surface area (TPSA) is 55.1 Å². The molecular weight excluding hydrogens is 240 g/mol. The highest BCUT2D eigenvalue weighted by Crippen LogP contribution is 2.45. The van der Waals surface area contributed by atoms with Gasteiger partial charge >= 0.3 is 5.97 Å². The molecule has 1 aromatic heterocycles. The molecule has 1 aromatic carbocycles. The number of nitrogens with zero attached hydrogens (tertiary/aromatic N) is 2. The lowest BCUT2D eigenvalue weighted by Crippen LogP contribution is -2.08. The highest BCUT2D eigenvalue weighted by atomic mass is 16.4. The van der Waals surface area contributed by atoms with E-state index in [9.17, 15) is 4.79 Å². The van der Waals surface area contributed by atoms with Crippen LogP contribution in [0.5, 0.6) is 0 Å². The second-order valence-corrected chi connectivity index (χ2v) is 5.53. The number of carboxylic acids is 1. The first-order valence-corrected chi connectivity index (χ1v) is 6.71. The van der Waals surface area contributed by atoms with Crippen LogP contribution in [-0.4, -0.2) is 20.9 Å². The third-order valence-electron chi connectivity index (χ3n) is 4.07. The normalized spacial score (nSPS) is 16.7. The number of rotatable bonds is 4. The SMILES string of the molecule is Cc1nn(C)c2cc(C(CC(=O)O)C3CC3)ccc12. The van der Waals surface area contributed by atoms with Gasteiger partial charge in [-0.15, -0.1) is 0 Å². The number of hydrogen-bond donors (Lipinski definition) is 1. The Morgan fingerprint density at radius 3 is 2.89 bits per heavy atom. The summed E-state index contributed by atoms with van der Waals surface area (Å²) in [5.74, 6) is -0.0156. The zero-order chi connectivity index (χ0) is 13.6. The van der Waals surface area contributed by atoms with E-state index in [1.807, 2.05) is 18.7 Å². The van der Waals surface area contributed by atoms with E-state index in [-0.39, 0.29) is 12.3 Å². The minimum atomic E-state index is -0.710. The third kappa shape index (κ3) is 2.23. The summed E-state index contributed by atoms with van der Waals surface area (Å²) in [5.41, 5.74) is 3.25. The van der Waals surface area contributed by atoms with E-state index in [1.165, 1.54) is 0 Å². The molecule has 4 nitrogen and oxygen atoms in total. The number of fused-ring (bicyclic) bond motifs is 1. The molecule has 1 saturated carbocycles. The van der Waals surface area contributed by atoms with Crippen molar-refractivity contribution in [1.82, 2.24) is 9.78 Å². The smallest absolute Gasteiger partial charge is 0.303 e. The summed E-state index contributed by atoms with van der Waals surface area (Å²) < 4.78 is 1.87. The van der Waals surface area contributed by atoms with Crippen molar-refractivity contribution in [3.8, 4) is 0 Å². The van der Waals surface area contributed by atoms with Crippen LogP contribution in [-0.2, 0) is 11.8 Å². The fourth-order valence-electron chi connectivity index (χ4n) is 2.93. The van der Waals surface area contributed by atoms with Crippen LogP contribution < -0.4 is 0 Å². The summed E-state index contributed by atoms with van der Waals surface area (Å²) in [6, 6.07) is 6.26. The van der Waals surface area contributed by atoms with Crippen LogP contribution in [0.3, 0.4) is 0 Å². The second-order valence-electron chi connectivity index (χ2n) is 5.53. The molecule has 19 heavy (non-hydrogen) atoms. The Hall–Kier alpha value is -1.84. The molecule has 1 fully saturated rings. The predicted molar refractivity (Wildman–Crippen MR) is 73.2 cm³/mol. The number of aryl methyl sites for hydroxylation is 2. The highest BCUT2D eigenvalue weighted by Gasteiger charge is 2.33. The number of aliphatic carboxylic acids is 1. The third-order valence-corrected chi connectivity index (χ3v) is 4.07. The fraction of sp³-hybridized carbons (Fsp3) is 0.467. The molecule has 1 aliphatic carbocycles. The van der Waals surface area contributed by atoms with Crippen LogP contribution in [0.1, 0.15) is 36.4 Å². The van der Waals surface area contributed by atoms with Crippen LogP contribution in [0.4, 0.5) is 0 Å². The largest absolute Gasteiger partial charge is 0.481 e. The lowest BCUT2D eigenvalue weighted by Gasteiger charge is -2.14. The summed E-state index contributed by atoms with van der Waals surface area (Å²) in [6.07, 6.45) is 2.54. The molecule has 1 heterocycles. The zero-order valence-electron chi connectivity index (χ0n) is 11.3. The van der Waals surface area contributed by atoms with Crippen molar-refractivity contribution < 1.29 is 9.90 Å². The maximum atomic E-state index is 11.0. The van der Waals surface area contributed by atoms with Crippen molar-refractivity contribution in [2.45, 2.75) is 32.1 Å². The molecule has 0 aliphatic heterocycles. The van der Waals surface area contributed by atoms with Crippen molar-refractivity contribution in [3.05, 3.63) is 29.5 Å². The summed E-state index contributed by atoms with van der Waals surface area (Å²) in [7, 11) is 1.93. The van der Waals surface area contributed by atoms with Crippen LogP contribution in [0.25, 0.3) is 10.9 Å². The standard InChI is InChI=1S/C15H18N2O2/c1-9-12-6-5-11(7-14(12)17(2)16-9)13(8-15(18)19)10-3-4-10/h5-7,10,13H,3-4,8H2,1-2H3,(H,18,19). The van der Waals surface area contributed by atoms with Gasteiger partial charge in [0.25, 0.3) is 0 Å². The number of aromatic nitrogens is 2. The van der Waals surface area contributed by atoms with Crippen molar-refractivity contribution in [2.24, 2.45) is 13.0 Å². The van der Waals surface area contributed by atoms with Gasteiger partial charge in [-0.3, -0.25) is 9.48 Å². The van der Waals surface area contributed by atoms with Gasteiger partial charge in [0.2, 0.25) is 0 Å². The molecule has 1 aliphatic rings. The Morgan fingerprint density at radius 2 is 2.26 bits per heavy atom. The molecule has 0 spiro atoms. The first kappa shape index (κ1) is 12.2. The lowest BCUT2D eigenvalue weighted by atomic mass is 9.90. The number of carbonyl (C=O) groups is 1. The Labute approximate surface area is 112 Å². The number of benzene rings is 1. The predicted octanol–water partition coefficient (Wildman–Crippen LogP) is 2.85. The maximum absolute atomic E-state index is 11.0. The van der Waals surface area contributed by atoms with Crippen molar-refractivity contribution in [1.29, 1.82) is 0 Å². The molecule has 3 rings (SSSR count). The van der Waals surface area contributed by atoms with Crippen LogP contribution >= 0.6 is 0 Å². The van der Waals surface area contributed by atoms with E-state index < -0.39 is 5.97 Å². The van der Waals surface area contributed by atoms with Crippen molar-refractivity contribution in [3.63, 3.8) is 0 Å². The minimum absolute atomic E-state index is 0.150. The van der Waals surface area contributed by atoms with E-state index in [1.54, 1.807) is 0 Å². The quantitative estimate of drug-likeness (QED) is 0.917. The molecule has 0 saturated heterocycles. The minimum Gasteiger partial charge on any atom is -0.481 e. The van der Waals surface area contributed by atoms with Crippen molar-refractivity contribution >= 4 is 16.9 Å². The summed E-state index contributed by atoms with van der Waals surface area (Å²) in [6.45, 7) is 2.00. The monoisotopic (exact) mass is 258 g/mol. The zero-order valence-corrected chi connectivity index (χ0v) is 11.3. The molecule has 1 N–H and O–H groups in total. The van der Waals surface area contributed by atoms with Gasteiger partial charge in [0.1, 0.15) is 0 Å². The molecule has 0 bridgehead atoms. The fourth-order valence-corrected chi connectivity index (χ4v) is 2.93. The Kier molecular flexibility index (Phi) is 2.81. The van der Waals surface area contributed by atoms with E-state index in [4.69, 9.17) is 5.11 Å². The van der Waals surface area contributed by atoms with Gasteiger partial charge in [-0.05, 0) is 43.2 Å². The van der Waals surface area contributed by atoms with Gasteiger partial charge in [-0.1, -0.05) is 12.1 Å². The molecular formula is C15H18N2O2. The molecule has 0 amide bonds. The van der Waals surface area contributed by atoms with Gasteiger partial charge in [0, 0.05) is 12.4 Å². The molecule has 0 radical (unpaired) electrons.